The molecule has 0 saturated heterocycles. The van der Waals surface area contributed by atoms with Gasteiger partial charge in [0.1, 0.15) is 0 Å². The summed E-state index contributed by atoms with van der Waals surface area (Å²) in [5.41, 5.74) is 10.2. The zero-order valence-electron chi connectivity index (χ0n) is 9.61. The monoisotopic (exact) mass is 282 g/mol. The summed E-state index contributed by atoms with van der Waals surface area (Å²) in [6.45, 7) is 2.46. The Morgan fingerprint density at radius 3 is 1.50 bits per heavy atom. The van der Waals surface area contributed by atoms with Crippen LogP contribution in [0.25, 0.3) is 0 Å². The molecule has 0 rings (SSSR count). The number of carboxylic acid groups (broad SMARTS) is 2. The summed E-state index contributed by atoms with van der Waals surface area (Å²) in [4.78, 5) is 19.5. The Hall–Kier alpha value is -0.517. The second-order valence-corrected chi connectivity index (χ2v) is 3.16. The molecular formula is C9H18N2O4Zn. The summed E-state index contributed by atoms with van der Waals surface area (Å²) < 4.78 is 0. The molecule has 1 atom stereocenters. The fourth-order valence-corrected chi connectivity index (χ4v) is 0.539. The molecule has 0 aliphatic carbocycles. The standard InChI is InChI=1S/C6H10O4.C3H10N2.Zn/c7-5(8)3-1-2-4-6(9)10;1-3(5)2-4;/h1-4H2,(H,7,8)(H,9,10);3H,2,4-5H2,1H3;/q;;+2/p-2. The van der Waals surface area contributed by atoms with Crippen LogP contribution in [-0.4, -0.2) is 24.5 Å². The summed E-state index contributed by atoms with van der Waals surface area (Å²) in [7, 11) is 0. The molecule has 0 amide bonds. The summed E-state index contributed by atoms with van der Waals surface area (Å²) in [6, 6.07) is 0.162. The molecule has 0 spiro atoms. The van der Waals surface area contributed by atoms with Crippen LogP contribution in [0.15, 0.2) is 0 Å². The van der Waals surface area contributed by atoms with E-state index in [0.29, 0.717) is 19.4 Å². The first-order valence-corrected chi connectivity index (χ1v) is 4.75. The average molecular weight is 284 g/mol. The quantitative estimate of drug-likeness (QED) is 0.404. The number of aliphatic carboxylic acids is 2. The Morgan fingerprint density at radius 1 is 1.12 bits per heavy atom. The number of nitrogens with two attached hydrogens (primary N) is 2. The predicted molar refractivity (Wildman–Crippen MR) is 51.2 cm³/mol. The number of unbranched alkanes of at least 4 members (excludes halogenated alkanes) is 1. The van der Waals surface area contributed by atoms with Crippen molar-refractivity contribution >= 4 is 11.9 Å². The second-order valence-electron chi connectivity index (χ2n) is 3.16. The minimum absolute atomic E-state index is 0. The third-order valence-corrected chi connectivity index (χ3v) is 1.38. The SMILES string of the molecule is CC(N)CN.O=C([O-])CCCCC(=O)[O-].[Zn+2]. The Bertz CT molecular complexity index is 172. The van der Waals surface area contributed by atoms with Crippen LogP contribution in [0.2, 0.25) is 0 Å². The van der Waals surface area contributed by atoms with E-state index in [-0.39, 0.29) is 38.4 Å². The molecular weight excluding hydrogens is 265 g/mol. The van der Waals surface area contributed by atoms with E-state index < -0.39 is 11.9 Å². The van der Waals surface area contributed by atoms with Crippen molar-refractivity contribution in [3.63, 3.8) is 0 Å². The number of hydrogen-bond donors (Lipinski definition) is 2. The zero-order valence-corrected chi connectivity index (χ0v) is 12.6. The molecule has 0 heterocycles. The van der Waals surface area contributed by atoms with E-state index in [2.05, 4.69) is 0 Å². The normalized spacial score (nSPS) is 10.4. The zero-order chi connectivity index (χ0) is 12.3. The van der Waals surface area contributed by atoms with Gasteiger partial charge in [0.2, 0.25) is 0 Å². The van der Waals surface area contributed by atoms with Gasteiger partial charge >= 0.3 is 19.5 Å². The molecule has 0 aliphatic rings. The van der Waals surface area contributed by atoms with Gasteiger partial charge in [-0.25, -0.2) is 0 Å². The summed E-state index contributed by atoms with van der Waals surface area (Å²) in [5.74, 6) is -2.28. The maximum absolute atomic E-state index is 9.77. The van der Waals surface area contributed by atoms with Crippen molar-refractivity contribution in [1.29, 1.82) is 0 Å². The molecule has 6 nitrogen and oxygen atoms in total. The van der Waals surface area contributed by atoms with Crippen molar-refractivity contribution in [2.45, 2.75) is 38.6 Å². The summed E-state index contributed by atoms with van der Waals surface area (Å²) >= 11 is 0. The maximum Gasteiger partial charge on any atom is 2.00 e. The number of rotatable bonds is 6. The number of carbonyl (C=O) groups excluding carboxylic acids is 2. The van der Waals surface area contributed by atoms with E-state index in [1.54, 1.807) is 0 Å². The smallest absolute Gasteiger partial charge is 0.550 e. The van der Waals surface area contributed by atoms with Crippen LogP contribution >= 0.6 is 0 Å². The van der Waals surface area contributed by atoms with Gasteiger partial charge in [-0.15, -0.1) is 0 Å². The van der Waals surface area contributed by atoms with Gasteiger partial charge < -0.3 is 31.3 Å². The van der Waals surface area contributed by atoms with Crippen molar-refractivity contribution in [2.24, 2.45) is 11.5 Å². The Balaban J connectivity index is -0.000000242. The van der Waals surface area contributed by atoms with E-state index >= 15 is 0 Å². The molecule has 0 fully saturated rings. The molecule has 0 saturated carbocycles. The molecule has 90 valence electrons. The second kappa shape index (κ2) is 14.5. The summed E-state index contributed by atoms with van der Waals surface area (Å²) in [6.07, 6.45) is 0.535. The van der Waals surface area contributed by atoms with Gasteiger partial charge in [-0.1, -0.05) is 0 Å². The number of carbonyl (C=O) groups is 2. The first-order valence-electron chi connectivity index (χ1n) is 4.75. The van der Waals surface area contributed by atoms with Crippen LogP contribution in [0.1, 0.15) is 32.6 Å². The van der Waals surface area contributed by atoms with E-state index in [1.165, 1.54) is 0 Å². The van der Waals surface area contributed by atoms with Gasteiger partial charge in [0.15, 0.2) is 0 Å². The minimum atomic E-state index is -1.14. The molecule has 0 aliphatic heterocycles. The average Bonchev–Trinajstić information content (AvgIpc) is 2.13. The molecule has 0 aromatic carbocycles. The fraction of sp³-hybridized carbons (Fsp3) is 0.778. The Kier molecular flexibility index (Phi) is 18.9. The summed E-state index contributed by atoms with van der Waals surface area (Å²) in [5, 5.41) is 19.5. The Morgan fingerprint density at radius 2 is 1.38 bits per heavy atom. The van der Waals surface area contributed by atoms with Crippen molar-refractivity contribution in [3.05, 3.63) is 0 Å². The van der Waals surface area contributed by atoms with Gasteiger partial charge in [-0.2, -0.15) is 0 Å². The molecule has 16 heavy (non-hydrogen) atoms. The predicted octanol–water partition coefficient (Wildman–Crippen LogP) is -2.66. The fourth-order valence-electron chi connectivity index (χ4n) is 0.539. The molecule has 0 bridgehead atoms. The third-order valence-electron chi connectivity index (χ3n) is 1.38. The van der Waals surface area contributed by atoms with Crippen molar-refractivity contribution in [1.82, 2.24) is 0 Å². The molecule has 7 heteroatoms. The molecule has 0 aromatic heterocycles. The minimum Gasteiger partial charge on any atom is -0.550 e. The van der Waals surface area contributed by atoms with Gasteiger partial charge in [-0.3, -0.25) is 0 Å². The van der Waals surface area contributed by atoms with Gasteiger partial charge in [0.25, 0.3) is 0 Å². The van der Waals surface area contributed by atoms with Gasteiger partial charge in [0.05, 0.1) is 0 Å². The topological polar surface area (TPSA) is 132 Å². The van der Waals surface area contributed by atoms with Crippen LogP contribution in [0.5, 0.6) is 0 Å². The number of hydrogen-bond acceptors (Lipinski definition) is 6. The Labute approximate surface area is 108 Å². The molecule has 0 aromatic rings. The first-order chi connectivity index (χ1) is 6.90. The van der Waals surface area contributed by atoms with Crippen molar-refractivity contribution < 1.29 is 39.3 Å². The molecule has 0 radical (unpaired) electrons. The van der Waals surface area contributed by atoms with Gasteiger partial charge in [-0.05, 0) is 32.6 Å². The molecule has 4 N–H and O–H groups in total. The first kappa shape index (κ1) is 20.8. The van der Waals surface area contributed by atoms with Crippen molar-refractivity contribution in [2.75, 3.05) is 6.54 Å². The van der Waals surface area contributed by atoms with Crippen molar-refractivity contribution in [3.8, 4) is 0 Å². The van der Waals surface area contributed by atoms with E-state index in [0.717, 1.165) is 0 Å². The maximum atomic E-state index is 9.77. The van der Waals surface area contributed by atoms with E-state index in [1.807, 2.05) is 6.92 Å². The largest absolute Gasteiger partial charge is 2.00 e. The number of carboxylic acids is 2. The van der Waals surface area contributed by atoms with Crippen LogP contribution in [0.4, 0.5) is 0 Å². The van der Waals surface area contributed by atoms with Crippen LogP contribution in [0.3, 0.4) is 0 Å². The third kappa shape index (κ3) is 29.2. The van der Waals surface area contributed by atoms with Crippen LogP contribution in [-0.2, 0) is 29.1 Å². The van der Waals surface area contributed by atoms with E-state index in [9.17, 15) is 19.8 Å². The van der Waals surface area contributed by atoms with E-state index in [4.69, 9.17) is 11.5 Å². The molecule has 1 unspecified atom stereocenters. The van der Waals surface area contributed by atoms with Crippen LogP contribution in [0, 0.1) is 0 Å². The van der Waals surface area contributed by atoms with Gasteiger partial charge in [0, 0.05) is 24.5 Å². The van der Waals surface area contributed by atoms with Crippen LogP contribution < -0.4 is 21.7 Å².